The molecule has 0 atom stereocenters. The van der Waals surface area contributed by atoms with Crippen molar-refractivity contribution in [3.63, 3.8) is 0 Å². The highest BCUT2D eigenvalue weighted by Gasteiger charge is 2.34. The molecule has 8 heteroatoms. The van der Waals surface area contributed by atoms with Crippen LogP contribution in [0.15, 0.2) is 58.2 Å². The molecule has 2 aromatic rings. The van der Waals surface area contributed by atoms with E-state index in [0.29, 0.717) is 14.9 Å². The third-order valence-corrected chi connectivity index (χ3v) is 5.10. The summed E-state index contributed by atoms with van der Waals surface area (Å²) in [5, 5.41) is 1.09. The fourth-order valence-electron chi connectivity index (χ4n) is 1.98. The van der Waals surface area contributed by atoms with Crippen molar-refractivity contribution in [2.75, 3.05) is 0 Å². The van der Waals surface area contributed by atoms with Crippen molar-refractivity contribution >= 4 is 62.1 Å². The van der Waals surface area contributed by atoms with Gasteiger partial charge in [-0.05, 0) is 58.0 Å². The molecule has 3 rings (SSSR count). The summed E-state index contributed by atoms with van der Waals surface area (Å²) in [4.78, 5) is 29.3. The van der Waals surface area contributed by atoms with Gasteiger partial charge in [0.2, 0.25) is 0 Å². The zero-order valence-corrected chi connectivity index (χ0v) is 15.3. The van der Waals surface area contributed by atoms with Gasteiger partial charge in [-0.2, -0.15) is 5.01 Å². The molecule has 1 saturated heterocycles. The van der Waals surface area contributed by atoms with Crippen molar-refractivity contribution in [3.05, 3.63) is 69.3 Å². The van der Waals surface area contributed by atoms with E-state index >= 15 is 0 Å². The number of carbonyl (C=O) groups is 2. The molecule has 0 aliphatic carbocycles. The van der Waals surface area contributed by atoms with Crippen molar-refractivity contribution in [1.29, 1.82) is 0 Å². The Morgan fingerprint density at radius 2 is 2.08 bits per heavy atom. The number of rotatable bonds is 3. The van der Waals surface area contributed by atoms with Gasteiger partial charge in [0, 0.05) is 16.9 Å². The maximum absolute atomic E-state index is 12.5. The Balaban J connectivity index is 1.79. The van der Waals surface area contributed by atoms with E-state index in [1.165, 1.54) is 0 Å². The summed E-state index contributed by atoms with van der Waals surface area (Å²) in [5.41, 5.74) is 3.75. The predicted molar refractivity (Wildman–Crippen MR) is 101 cm³/mol. The van der Waals surface area contributed by atoms with E-state index < -0.39 is 5.91 Å². The normalized spacial score (nSPS) is 15.9. The Hall–Kier alpha value is -2.03. The summed E-state index contributed by atoms with van der Waals surface area (Å²) < 4.78 is 0.911. The second-order valence-corrected chi connectivity index (χ2v) is 7.25. The molecule has 0 bridgehead atoms. The second kappa shape index (κ2) is 7.25. The number of hydrogen-bond donors (Lipinski definition) is 1. The van der Waals surface area contributed by atoms with Crippen molar-refractivity contribution in [2.24, 2.45) is 0 Å². The molecule has 2 amide bonds. The van der Waals surface area contributed by atoms with E-state index in [9.17, 15) is 9.59 Å². The molecule has 1 aliphatic heterocycles. The SMILES string of the molecule is O=C(NN1C(=O)/C(=C/c2cccnc2)SC1=S)c1ccccc1Br. The van der Waals surface area contributed by atoms with Crippen LogP contribution >= 0.6 is 39.9 Å². The van der Waals surface area contributed by atoms with Crippen LogP contribution in [0.3, 0.4) is 0 Å². The highest BCUT2D eigenvalue weighted by atomic mass is 79.9. The number of benzene rings is 1. The van der Waals surface area contributed by atoms with Crippen molar-refractivity contribution in [3.8, 4) is 0 Å². The predicted octanol–water partition coefficient (Wildman–Crippen LogP) is 3.39. The average Bonchev–Trinajstić information content (AvgIpc) is 2.83. The van der Waals surface area contributed by atoms with Crippen LogP contribution < -0.4 is 5.43 Å². The first kappa shape index (κ1) is 16.8. The van der Waals surface area contributed by atoms with Gasteiger partial charge in [-0.15, -0.1) is 0 Å². The lowest BCUT2D eigenvalue weighted by molar-refractivity contribution is -0.123. The topological polar surface area (TPSA) is 62.3 Å². The lowest BCUT2D eigenvalue weighted by Gasteiger charge is -2.16. The zero-order chi connectivity index (χ0) is 17.1. The number of thiocarbonyl (C=S) groups is 1. The minimum Gasteiger partial charge on any atom is -0.267 e. The molecule has 0 unspecified atom stereocenters. The van der Waals surface area contributed by atoms with E-state index in [4.69, 9.17) is 12.2 Å². The van der Waals surface area contributed by atoms with Crippen LogP contribution in [-0.4, -0.2) is 26.1 Å². The highest BCUT2D eigenvalue weighted by molar-refractivity contribution is 9.10. The molecule has 1 fully saturated rings. The summed E-state index contributed by atoms with van der Waals surface area (Å²) >= 11 is 9.64. The molecule has 0 radical (unpaired) electrons. The van der Waals surface area contributed by atoms with E-state index in [1.807, 2.05) is 6.07 Å². The zero-order valence-electron chi connectivity index (χ0n) is 12.1. The Bertz CT molecular complexity index is 855. The van der Waals surface area contributed by atoms with Crippen LogP contribution in [0.5, 0.6) is 0 Å². The third kappa shape index (κ3) is 3.55. The van der Waals surface area contributed by atoms with Crippen LogP contribution in [0.4, 0.5) is 0 Å². The van der Waals surface area contributed by atoms with Gasteiger partial charge in [0.05, 0.1) is 10.5 Å². The number of nitrogens with zero attached hydrogens (tertiary/aromatic N) is 2. The van der Waals surface area contributed by atoms with E-state index in [2.05, 4.69) is 26.3 Å². The molecule has 0 saturated carbocycles. The summed E-state index contributed by atoms with van der Waals surface area (Å²) in [5.74, 6) is -0.782. The van der Waals surface area contributed by atoms with Gasteiger partial charge in [-0.3, -0.25) is 20.0 Å². The quantitative estimate of drug-likeness (QED) is 0.610. The molecule has 24 heavy (non-hydrogen) atoms. The Morgan fingerprint density at radius 1 is 1.29 bits per heavy atom. The Labute approximate surface area is 156 Å². The molecule has 5 nitrogen and oxygen atoms in total. The van der Waals surface area contributed by atoms with E-state index in [0.717, 1.165) is 22.3 Å². The highest BCUT2D eigenvalue weighted by Crippen LogP contribution is 2.31. The van der Waals surface area contributed by atoms with Crippen molar-refractivity contribution in [2.45, 2.75) is 0 Å². The number of carbonyl (C=O) groups excluding carboxylic acids is 2. The van der Waals surface area contributed by atoms with Crippen LogP contribution in [0.1, 0.15) is 15.9 Å². The van der Waals surface area contributed by atoms with Gasteiger partial charge in [0.25, 0.3) is 11.8 Å². The fourth-order valence-corrected chi connectivity index (χ4v) is 3.63. The minimum absolute atomic E-state index is 0.274. The van der Waals surface area contributed by atoms with E-state index in [1.54, 1.807) is 48.8 Å². The molecule has 2 heterocycles. The molecule has 1 aromatic heterocycles. The maximum Gasteiger partial charge on any atom is 0.285 e. The van der Waals surface area contributed by atoms with Crippen LogP contribution in [0, 0.1) is 0 Å². The van der Waals surface area contributed by atoms with Crippen molar-refractivity contribution < 1.29 is 9.59 Å². The summed E-state index contributed by atoms with van der Waals surface area (Å²) in [7, 11) is 0. The van der Waals surface area contributed by atoms with Crippen LogP contribution in [0.25, 0.3) is 6.08 Å². The number of hydrazine groups is 1. The average molecular weight is 420 g/mol. The number of pyridine rings is 1. The largest absolute Gasteiger partial charge is 0.285 e. The first-order valence-corrected chi connectivity index (χ1v) is 8.81. The van der Waals surface area contributed by atoms with E-state index in [-0.39, 0.29) is 10.2 Å². The Kier molecular flexibility index (Phi) is 5.08. The van der Waals surface area contributed by atoms with Gasteiger partial charge in [-0.25, -0.2) is 0 Å². The molecule has 1 aliphatic rings. The van der Waals surface area contributed by atoms with Gasteiger partial charge in [-0.1, -0.05) is 30.0 Å². The van der Waals surface area contributed by atoms with Gasteiger partial charge < -0.3 is 0 Å². The standard InChI is InChI=1S/C16H10BrN3O2S2/c17-12-6-2-1-5-11(12)14(21)19-20-15(22)13(24-16(20)23)8-10-4-3-7-18-9-10/h1-9H,(H,19,21)/b13-8-. The first-order chi connectivity index (χ1) is 11.6. The third-order valence-electron chi connectivity index (χ3n) is 3.11. The number of aromatic nitrogens is 1. The summed E-state index contributed by atoms with van der Waals surface area (Å²) in [6, 6.07) is 10.6. The lowest BCUT2D eigenvalue weighted by atomic mass is 10.2. The van der Waals surface area contributed by atoms with Crippen molar-refractivity contribution in [1.82, 2.24) is 15.4 Å². The number of amides is 2. The molecule has 1 N–H and O–H groups in total. The minimum atomic E-state index is -0.415. The number of nitrogens with one attached hydrogen (secondary N) is 1. The summed E-state index contributed by atoms with van der Waals surface area (Å²) in [6.07, 6.45) is 4.99. The Morgan fingerprint density at radius 3 is 2.79 bits per heavy atom. The summed E-state index contributed by atoms with van der Waals surface area (Å²) in [6.45, 7) is 0. The number of halogens is 1. The molecule has 1 aromatic carbocycles. The molecule has 0 spiro atoms. The van der Waals surface area contributed by atoms with Gasteiger partial charge >= 0.3 is 0 Å². The lowest BCUT2D eigenvalue weighted by Crippen LogP contribution is -2.44. The number of thioether (sulfide) groups is 1. The molecule has 120 valence electrons. The monoisotopic (exact) mass is 419 g/mol. The van der Waals surface area contributed by atoms with Gasteiger partial charge in [0.15, 0.2) is 4.32 Å². The fraction of sp³-hybridized carbons (Fsp3) is 0. The second-order valence-electron chi connectivity index (χ2n) is 4.72. The molecular weight excluding hydrogens is 410 g/mol. The van der Waals surface area contributed by atoms with Crippen LogP contribution in [-0.2, 0) is 4.79 Å². The van der Waals surface area contributed by atoms with Crippen LogP contribution in [0.2, 0.25) is 0 Å². The maximum atomic E-state index is 12.5. The first-order valence-electron chi connectivity index (χ1n) is 6.80. The molecular formula is C16H10BrN3O2S2. The van der Waals surface area contributed by atoms with Gasteiger partial charge in [0.1, 0.15) is 0 Å². The number of hydrogen-bond acceptors (Lipinski definition) is 5. The smallest absolute Gasteiger partial charge is 0.267 e.